The van der Waals surface area contributed by atoms with E-state index >= 15 is 0 Å². The molecule has 1 amide bonds. The van der Waals surface area contributed by atoms with E-state index in [0.717, 1.165) is 38.2 Å². The summed E-state index contributed by atoms with van der Waals surface area (Å²) >= 11 is 1.55. The molecule has 4 rings (SSSR count). The number of carbonyl (C=O) groups is 1. The number of amides is 1. The molecule has 1 N–H and O–H groups in total. The number of nitrogens with zero attached hydrogens (tertiary/aromatic N) is 4. The molecule has 0 bridgehead atoms. The monoisotopic (exact) mass is 435 g/mol. The van der Waals surface area contributed by atoms with Gasteiger partial charge < -0.3 is 15.0 Å². The fraction of sp³-hybridized carbons (Fsp3) is 0.261. The summed E-state index contributed by atoms with van der Waals surface area (Å²) in [5.41, 5.74) is 3.72. The SMILES string of the molecule is COc1ccc([C@H](C)NC(=O)CN(C)c2nc3c(s2)c(C)nn3-c2ccccc2)cc1. The predicted octanol–water partition coefficient (Wildman–Crippen LogP) is 4.11. The lowest BCUT2D eigenvalue weighted by Gasteiger charge is -2.19. The largest absolute Gasteiger partial charge is 0.497 e. The van der Waals surface area contributed by atoms with Crippen LogP contribution < -0.4 is 15.0 Å². The first-order valence-corrected chi connectivity index (χ1v) is 10.8. The summed E-state index contributed by atoms with van der Waals surface area (Å²) in [6.07, 6.45) is 0. The Kier molecular flexibility index (Phi) is 5.90. The lowest BCUT2D eigenvalue weighted by atomic mass is 10.1. The van der Waals surface area contributed by atoms with Crippen molar-refractivity contribution in [3.8, 4) is 11.4 Å². The first-order chi connectivity index (χ1) is 15.0. The van der Waals surface area contributed by atoms with Crippen molar-refractivity contribution in [2.75, 3.05) is 25.6 Å². The van der Waals surface area contributed by atoms with Gasteiger partial charge in [0.05, 0.1) is 35.8 Å². The molecule has 1 atom stereocenters. The minimum Gasteiger partial charge on any atom is -0.497 e. The second-order valence-electron chi connectivity index (χ2n) is 7.40. The van der Waals surface area contributed by atoms with E-state index in [-0.39, 0.29) is 18.5 Å². The number of anilines is 1. The standard InChI is InChI=1S/C23H25N5O2S/c1-15(17-10-12-19(30-4)13-11-17)24-20(29)14-27(3)23-25-22-21(31-23)16(2)26-28(22)18-8-6-5-7-9-18/h5-13,15H,14H2,1-4H3,(H,24,29)/t15-/m0/s1. The van der Waals surface area contributed by atoms with Crippen LogP contribution in [0.15, 0.2) is 54.6 Å². The lowest BCUT2D eigenvalue weighted by molar-refractivity contribution is -0.120. The molecule has 8 heteroatoms. The number of rotatable bonds is 7. The number of hydrogen-bond donors (Lipinski definition) is 1. The van der Waals surface area contributed by atoms with Gasteiger partial charge in [-0.3, -0.25) is 4.79 Å². The zero-order valence-corrected chi connectivity index (χ0v) is 18.8. The molecular formula is C23H25N5O2S. The van der Waals surface area contributed by atoms with Crippen molar-refractivity contribution in [1.29, 1.82) is 0 Å². The molecule has 0 aliphatic carbocycles. The minimum absolute atomic E-state index is 0.0634. The van der Waals surface area contributed by atoms with Crippen LogP contribution in [0.1, 0.15) is 24.2 Å². The molecule has 0 radical (unpaired) electrons. The van der Waals surface area contributed by atoms with Crippen molar-refractivity contribution in [2.24, 2.45) is 0 Å². The van der Waals surface area contributed by atoms with Crippen LogP contribution in [0.3, 0.4) is 0 Å². The van der Waals surface area contributed by atoms with Crippen LogP contribution in [0.5, 0.6) is 5.75 Å². The lowest BCUT2D eigenvalue weighted by Crippen LogP contribution is -2.36. The molecule has 0 spiro atoms. The van der Waals surface area contributed by atoms with Gasteiger partial charge in [-0.25, -0.2) is 4.68 Å². The Labute approximate surface area is 185 Å². The van der Waals surface area contributed by atoms with Crippen molar-refractivity contribution >= 4 is 32.7 Å². The van der Waals surface area contributed by atoms with Crippen LogP contribution in [-0.4, -0.2) is 41.4 Å². The quantitative estimate of drug-likeness (QED) is 0.473. The van der Waals surface area contributed by atoms with Crippen LogP contribution in [0.4, 0.5) is 5.13 Å². The number of ether oxygens (including phenoxy) is 1. The summed E-state index contributed by atoms with van der Waals surface area (Å²) in [4.78, 5) is 19.3. The topological polar surface area (TPSA) is 72.3 Å². The van der Waals surface area contributed by atoms with Crippen LogP contribution in [0.25, 0.3) is 16.0 Å². The predicted molar refractivity (Wildman–Crippen MR) is 124 cm³/mol. The van der Waals surface area contributed by atoms with Gasteiger partial charge in [0.15, 0.2) is 10.8 Å². The number of aryl methyl sites for hydroxylation is 1. The van der Waals surface area contributed by atoms with E-state index in [1.165, 1.54) is 0 Å². The van der Waals surface area contributed by atoms with Crippen molar-refractivity contribution in [2.45, 2.75) is 19.9 Å². The molecule has 0 aliphatic rings. The third-order valence-electron chi connectivity index (χ3n) is 5.08. The Morgan fingerprint density at radius 2 is 1.90 bits per heavy atom. The maximum absolute atomic E-state index is 12.6. The summed E-state index contributed by atoms with van der Waals surface area (Å²) in [7, 11) is 3.52. The van der Waals surface area contributed by atoms with Crippen molar-refractivity contribution in [3.05, 3.63) is 65.9 Å². The van der Waals surface area contributed by atoms with E-state index in [1.54, 1.807) is 18.4 Å². The third-order valence-corrected chi connectivity index (χ3v) is 6.35. The molecule has 0 unspecified atom stereocenters. The summed E-state index contributed by atoms with van der Waals surface area (Å²) < 4.78 is 8.07. The highest BCUT2D eigenvalue weighted by Gasteiger charge is 2.19. The van der Waals surface area contributed by atoms with Crippen molar-refractivity contribution in [1.82, 2.24) is 20.1 Å². The number of fused-ring (bicyclic) bond motifs is 1. The molecule has 0 saturated heterocycles. The Balaban J connectivity index is 1.46. The summed E-state index contributed by atoms with van der Waals surface area (Å²) in [6.45, 7) is 4.16. The average molecular weight is 436 g/mol. The van der Waals surface area contributed by atoms with Crippen LogP contribution in [-0.2, 0) is 4.79 Å². The average Bonchev–Trinajstić information content (AvgIpc) is 3.35. The van der Waals surface area contributed by atoms with E-state index in [4.69, 9.17) is 9.72 Å². The fourth-order valence-corrected chi connectivity index (χ4v) is 4.33. The van der Waals surface area contributed by atoms with E-state index in [1.807, 2.05) is 85.1 Å². The number of methoxy groups -OCH3 is 1. The number of hydrogen-bond acceptors (Lipinski definition) is 6. The Bertz CT molecular complexity index is 1180. The molecule has 2 aromatic carbocycles. The molecule has 2 heterocycles. The number of carbonyl (C=O) groups excluding carboxylic acids is 1. The van der Waals surface area contributed by atoms with E-state index in [0.29, 0.717) is 0 Å². The summed E-state index contributed by atoms with van der Waals surface area (Å²) in [5, 5.41) is 8.46. The number of benzene rings is 2. The Morgan fingerprint density at radius 1 is 1.19 bits per heavy atom. The highest BCUT2D eigenvalue weighted by molar-refractivity contribution is 7.22. The maximum Gasteiger partial charge on any atom is 0.240 e. The van der Waals surface area contributed by atoms with Crippen LogP contribution >= 0.6 is 11.3 Å². The second-order valence-corrected chi connectivity index (χ2v) is 8.38. The highest BCUT2D eigenvalue weighted by atomic mass is 32.1. The van der Waals surface area contributed by atoms with Gasteiger partial charge >= 0.3 is 0 Å². The molecule has 0 saturated carbocycles. The highest BCUT2D eigenvalue weighted by Crippen LogP contribution is 2.32. The number of nitrogens with one attached hydrogen (secondary N) is 1. The third kappa shape index (κ3) is 4.39. The maximum atomic E-state index is 12.6. The number of aromatic nitrogens is 3. The van der Waals surface area contributed by atoms with E-state index < -0.39 is 0 Å². The molecule has 160 valence electrons. The van der Waals surface area contributed by atoms with Gasteiger partial charge in [-0.15, -0.1) is 0 Å². The molecule has 7 nitrogen and oxygen atoms in total. The first kappa shape index (κ1) is 20.9. The van der Waals surface area contributed by atoms with Crippen LogP contribution in [0.2, 0.25) is 0 Å². The molecule has 4 aromatic rings. The van der Waals surface area contributed by atoms with Crippen molar-refractivity contribution < 1.29 is 9.53 Å². The van der Waals surface area contributed by atoms with Gasteiger partial charge in [-0.2, -0.15) is 10.1 Å². The van der Waals surface area contributed by atoms with E-state index in [9.17, 15) is 4.79 Å². The smallest absolute Gasteiger partial charge is 0.240 e. The van der Waals surface area contributed by atoms with Gasteiger partial charge in [-0.05, 0) is 43.7 Å². The molecule has 31 heavy (non-hydrogen) atoms. The number of thiazole rings is 1. The van der Waals surface area contributed by atoms with E-state index in [2.05, 4.69) is 10.4 Å². The second kappa shape index (κ2) is 8.77. The molecule has 0 fully saturated rings. The van der Waals surface area contributed by atoms with Crippen molar-refractivity contribution in [3.63, 3.8) is 0 Å². The first-order valence-electron chi connectivity index (χ1n) is 10.0. The van der Waals surface area contributed by atoms with Gasteiger partial charge in [0, 0.05) is 7.05 Å². The minimum atomic E-state index is -0.101. The summed E-state index contributed by atoms with van der Waals surface area (Å²) in [6, 6.07) is 17.5. The molecule has 2 aromatic heterocycles. The molecular weight excluding hydrogens is 410 g/mol. The summed E-state index contributed by atoms with van der Waals surface area (Å²) in [5.74, 6) is 0.730. The normalized spacial score (nSPS) is 12.0. The van der Waals surface area contributed by atoms with Gasteiger partial charge in [-0.1, -0.05) is 41.7 Å². The van der Waals surface area contributed by atoms with Crippen LogP contribution in [0, 0.1) is 6.92 Å². The fourth-order valence-electron chi connectivity index (χ4n) is 3.38. The Morgan fingerprint density at radius 3 is 2.58 bits per heavy atom. The molecule has 0 aliphatic heterocycles. The zero-order chi connectivity index (χ0) is 22.0. The zero-order valence-electron chi connectivity index (χ0n) is 18.0. The van der Waals surface area contributed by atoms with Gasteiger partial charge in [0.1, 0.15) is 5.75 Å². The van der Waals surface area contributed by atoms with Gasteiger partial charge in [0.2, 0.25) is 5.91 Å². The Hall–Kier alpha value is -3.39. The number of para-hydroxylation sites is 1. The van der Waals surface area contributed by atoms with Gasteiger partial charge in [0.25, 0.3) is 0 Å². The number of likely N-dealkylation sites (N-methyl/N-ethyl adjacent to an activating group) is 1.